The van der Waals surface area contributed by atoms with Crippen LogP contribution in [0.15, 0.2) is 18.2 Å². The van der Waals surface area contributed by atoms with E-state index in [0.29, 0.717) is 0 Å². The van der Waals surface area contributed by atoms with Crippen molar-refractivity contribution in [2.24, 2.45) is 0 Å². The lowest BCUT2D eigenvalue weighted by atomic mass is 10.1. The van der Waals surface area contributed by atoms with E-state index >= 15 is 0 Å². The number of anilines is 1. The van der Waals surface area contributed by atoms with Crippen molar-refractivity contribution in [2.75, 3.05) is 25.0 Å². The number of carbonyl (C=O) groups is 1. The molecule has 0 aromatic heterocycles. The molecule has 1 aromatic rings. The van der Waals surface area contributed by atoms with Gasteiger partial charge in [0, 0.05) is 24.3 Å². The van der Waals surface area contributed by atoms with Gasteiger partial charge in [-0.15, -0.1) is 0 Å². The summed E-state index contributed by atoms with van der Waals surface area (Å²) >= 11 is 0. The Labute approximate surface area is 119 Å². The molecule has 2 N–H and O–H groups in total. The fourth-order valence-corrected chi connectivity index (χ4v) is 2.31. The highest BCUT2D eigenvalue weighted by molar-refractivity contribution is 5.90. The highest BCUT2D eigenvalue weighted by atomic mass is 16.2. The molecule has 1 aliphatic rings. The zero-order chi connectivity index (χ0) is 14.4. The fourth-order valence-electron chi connectivity index (χ4n) is 2.31. The van der Waals surface area contributed by atoms with Gasteiger partial charge in [0.05, 0.1) is 0 Å². The molecule has 4 heteroatoms. The lowest BCUT2D eigenvalue weighted by Gasteiger charge is -2.27. The molecule has 0 radical (unpaired) electrons. The standard InChI is InChI=1S/C16H20N2O2/c1-13-12-14(6-5-11-19)7-8-15(13)17-16(20)18-9-3-2-4-10-18/h7-8,12,19H,2-4,9-11H2,1H3,(H,17,20). The van der Waals surface area contributed by atoms with Crippen molar-refractivity contribution in [2.45, 2.75) is 26.2 Å². The zero-order valence-electron chi connectivity index (χ0n) is 11.8. The molecular weight excluding hydrogens is 252 g/mol. The first-order chi connectivity index (χ1) is 9.70. The second-order valence-electron chi connectivity index (χ2n) is 4.97. The molecule has 1 saturated heterocycles. The van der Waals surface area contributed by atoms with E-state index in [-0.39, 0.29) is 12.6 Å². The summed E-state index contributed by atoms with van der Waals surface area (Å²) in [6.45, 7) is 3.47. The van der Waals surface area contributed by atoms with Crippen LogP contribution in [-0.2, 0) is 0 Å². The average Bonchev–Trinajstić information content (AvgIpc) is 2.48. The summed E-state index contributed by atoms with van der Waals surface area (Å²) in [5, 5.41) is 11.6. The van der Waals surface area contributed by atoms with Crippen molar-refractivity contribution in [1.29, 1.82) is 0 Å². The molecule has 1 heterocycles. The van der Waals surface area contributed by atoms with Crippen LogP contribution < -0.4 is 5.32 Å². The molecule has 1 aliphatic heterocycles. The number of amides is 2. The number of carbonyl (C=O) groups excluding carboxylic acids is 1. The van der Waals surface area contributed by atoms with Gasteiger partial charge in [0.1, 0.15) is 6.61 Å². The molecule has 0 unspecified atom stereocenters. The Balaban J connectivity index is 2.03. The number of likely N-dealkylation sites (tertiary alicyclic amines) is 1. The van der Waals surface area contributed by atoms with Gasteiger partial charge in [-0.25, -0.2) is 4.79 Å². The molecule has 0 spiro atoms. The van der Waals surface area contributed by atoms with Gasteiger partial charge in [0.2, 0.25) is 0 Å². The van der Waals surface area contributed by atoms with E-state index in [1.165, 1.54) is 6.42 Å². The number of urea groups is 1. The van der Waals surface area contributed by atoms with Crippen molar-refractivity contribution in [1.82, 2.24) is 4.90 Å². The van der Waals surface area contributed by atoms with Crippen molar-refractivity contribution in [3.05, 3.63) is 29.3 Å². The van der Waals surface area contributed by atoms with Crippen LogP contribution >= 0.6 is 0 Å². The Kier molecular flexibility index (Phi) is 5.03. The third-order valence-corrected chi connectivity index (χ3v) is 3.42. The Morgan fingerprint density at radius 1 is 1.35 bits per heavy atom. The summed E-state index contributed by atoms with van der Waals surface area (Å²) in [5.41, 5.74) is 2.63. The third-order valence-electron chi connectivity index (χ3n) is 3.42. The molecule has 1 aromatic carbocycles. The first kappa shape index (κ1) is 14.4. The van der Waals surface area contributed by atoms with E-state index in [1.807, 2.05) is 30.0 Å². The maximum Gasteiger partial charge on any atom is 0.321 e. The molecule has 2 rings (SSSR count). The molecule has 0 bridgehead atoms. The van der Waals surface area contributed by atoms with Gasteiger partial charge >= 0.3 is 6.03 Å². The summed E-state index contributed by atoms with van der Waals surface area (Å²) in [6.07, 6.45) is 3.38. The number of rotatable bonds is 1. The topological polar surface area (TPSA) is 52.6 Å². The van der Waals surface area contributed by atoms with Crippen molar-refractivity contribution < 1.29 is 9.90 Å². The lowest BCUT2D eigenvalue weighted by molar-refractivity contribution is 0.200. The van der Waals surface area contributed by atoms with E-state index in [1.54, 1.807) is 0 Å². The quantitative estimate of drug-likeness (QED) is 0.771. The van der Waals surface area contributed by atoms with E-state index < -0.39 is 0 Å². The molecule has 1 fully saturated rings. The van der Waals surface area contributed by atoms with Gasteiger partial charge in [0.15, 0.2) is 0 Å². The molecule has 2 amide bonds. The van der Waals surface area contributed by atoms with Gasteiger partial charge in [-0.05, 0) is 49.9 Å². The summed E-state index contributed by atoms with van der Waals surface area (Å²) in [7, 11) is 0. The zero-order valence-corrected chi connectivity index (χ0v) is 11.8. The first-order valence-electron chi connectivity index (χ1n) is 6.97. The predicted molar refractivity (Wildman–Crippen MR) is 79.6 cm³/mol. The minimum Gasteiger partial charge on any atom is -0.384 e. The van der Waals surface area contributed by atoms with Gasteiger partial charge in [-0.3, -0.25) is 0 Å². The van der Waals surface area contributed by atoms with Crippen LogP contribution in [0, 0.1) is 18.8 Å². The minimum atomic E-state index is -0.146. The maximum atomic E-state index is 12.1. The average molecular weight is 272 g/mol. The van der Waals surface area contributed by atoms with Gasteiger partial charge in [-0.1, -0.05) is 11.8 Å². The lowest BCUT2D eigenvalue weighted by Crippen LogP contribution is -2.38. The Morgan fingerprint density at radius 3 is 2.75 bits per heavy atom. The van der Waals surface area contributed by atoms with Crippen molar-refractivity contribution in [3.8, 4) is 11.8 Å². The van der Waals surface area contributed by atoms with Crippen LogP contribution in [0.4, 0.5) is 10.5 Å². The van der Waals surface area contributed by atoms with E-state index in [0.717, 1.165) is 42.7 Å². The molecule has 0 aliphatic carbocycles. The molecule has 4 nitrogen and oxygen atoms in total. The highest BCUT2D eigenvalue weighted by Gasteiger charge is 2.16. The smallest absolute Gasteiger partial charge is 0.321 e. The number of aliphatic hydroxyl groups excluding tert-OH is 1. The number of benzene rings is 1. The summed E-state index contributed by atoms with van der Waals surface area (Å²) in [4.78, 5) is 14.0. The maximum absolute atomic E-state index is 12.1. The molecule has 0 saturated carbocycles. The van der Waals surface area contributed by atoms with Crippen LogP contribution in [0.1, 0.15) is 30.4 Å². The normalized spacial score (nSPS) is 14.4. The third kappa shape index (κ3) is 3.75. The number of hydrogen-bond donors (Lipinski definition) is 2. The van der Waals surface area contributed by atoms with Crippen molar-refractivity contribution >= 4 is 11.7 Å². The van der Waals surface area contributed by atoms with Gasteiger partial charge in [-0.2, -0.15) is 0 Å². The molecule has 0 atom stereocenters. The predicted octanol–water partition coefficient (Wildman–Crippen LogP) is 2.36. The number of aryl methyl sites for hydroxylation is 1. The van der Waals surface area contributed by atoms with Gasteiger partial charge < -0.3 is 15.3 Å². The van der Waals surface area contributed by atoms with E-state index in [2.05, 4.69) is 17.2 Å². The molecule has 106 valence electrons. The second-order valence-corrected chi connectivity index (χ2v) is 4.97. The Bertz CT molecular complexity index is 537. The summed E-state index contributed by atoms with van der Waals surface area (Å²) < 4.78 is 0. The monoisotopic (exact) mass is 272 g/mol. The van der Waals surface area contributed by atoms with Crippen LogP contribution in [0.3, 0.4) is 0 Å². The molecule has 20 heavy (non-hydrogen) atoms. The second kappa shape index (κ2) is 6.97. The van der Waals surface area contributed by atoms with Crippen LogP contribution in [0.2, 0.25) is 0 Å². The number of nitrogens with zero attached hydrogens (tertiary/aromatic N) is 1. The van der Waals surface area contributed by atoms with E-state index in [9.17, 15) is 4.79 Å². The van der Waals surface area contributed by atoms with Crippen LogP contribution in [0.5, 0.6) is 0 Å². The highest BCUT2D eigenvalue weighted by Crippen LogP contribution is 2.18. The number of piperidine rings is 1. The largest absolute Gasteiger partial charge is 0.384 e. The summed E-state index contributed by atoms with van der Waals surface area (Å²) in [6, 6.07) is 5.59. The van der Waals surface area contributed by atoms with Crippen LogP contribution in [0.25, 0.3) is 0 Å². The Morgan fingerprint density at radius 2 is 2.10 bits per heavy atom. The number of nitrogens with one attached hydrogen (secondary N) is 1. The number of aliphatic hydroxyl groups is 1. The van der Waals surface area contributed by atoms with Crippen LogP contribution in [-0.4, -0.2) is 35.7 Å². The van der Waals surface area contributed by atoms with E-state index in [4.69, 9.17) is 5.11 Å². The van der Waals surface area contributed by atoms with Gasteiger partial charge in [0.25, 0.3) is 0 Å². The SMILES string of the molecule is Cc1cc(C#CCO)ccc1NC(=O)N1CCCCC1. The minimum absolute atomic E-state index is 0.0259. The molecular formula is C16H20N2O2. The number of hydrogen-bond acceptors (Lipinski definition) is 2. The Hall–Kier alpha value is -1.99. The first-order valence-corrected chi connectivity index (χ1v) is 6.97. The fraction of sp³-hybridized carbons (Fsp3) is 0.438. The summed E-state index contributed by atoms with van der Waals surface area (Å²) in [5.74, 6) is 5.47. The van der Waals surface area contributed by atoms with Crippen molar-refractivity contribution in [3.63, 3.8) is 0 Å².